The minimum Gasteiger partial charge on any atom is -0.237 e. The molecule has 0 N–H and O–H groups in total. The van der Waals surface area contributed by atoms with E-state index in [1.165, 1.54) is 6.07 Å². The zero-order chi connectivity index (χ0) is 9.97. The summed E-state index contributed by atoms with van der Waals surface area (Å²) >= 11 is 0. The van der Waals surface area contributed by atoms with Crippen LogP contribution in [0.4, 0.5) is 4.39 Å². The molecule has 0 aliphatic rings. The molecule has 14 heavy (non-hydrogen) atoms. The molecule has 2 nitrogen and oxygen atoms in total. The van der Waals surface area contributed by atoms with E-state index in [0.29, 0.717) is 17.0 Å². The standard InChI is InChI=1S/C11H9FN2/c1-8-3-4-9(7-10(8)12)11-13-5-2-6-14-11/h2-7H,1H3. The van der Waals surface area contributed by atoms with E-state index in [1.807, 2.05) is 6.07 Å². The third-order valence-electron chi connectivity index (χ3n) is 2.00. The Balaban J connectivity index is 2.48. The predicted molar refractivity (Wildman–Crippen MR) is 52.2 cm³/mol. The van der Waals surface area contributed by atoms with Gasteiger partial charge in [0.15, 0.2) is 5.82 Å². The van der Waals surface area contributed by atoms with E-state index in [0.717, 1.165) is 0 Å². The molecule has 2 rings (SSSR count). The van der Waals surface area contributed by atoms with E-state index in [2.05, 4.69) is 9.97 Å². The van der Waals surface area contributed by atoms with Crippen LogP contribution in [-0.2, 0) is 0 Å². The lowest BCUT2D eigenvalue weighted by molar-refractivity contribution is 0.619. The number of aryl methyl sites for hydroxylation is 1. The second-order valence-electron chi connectivity index (χ2n) is 3.04. The molecule has 0 fully saturated rings. The molecule has 0 unspecified atom stereocenters. The second-order valence-corrected chi connectivity index (χ2v) is 3.04. The molecular formula is C11H9FN2. The Morgan fingerprint density at radius 3 is 2.50 bits per heavy atom. The smallest absolute Gasteiger partial charge is 0.159 e. The first-order valence-corrected chi connectivity index (χ1v) is 4.31. The Hall–Kier alpha value is -1.77. The molecule has 0 saturated heterocycles. The van der Waals surface area contributed by atoms with Crippen LogP contribution in [0.2, 0.25) is 0 Å². The number of hydrogen-bond acceptors (Lipinski definition) is 2. The normalized spacial score (nSPS) is 10.1. The topological polar surface area (TPSA) is 25.8 Å². The van der Waals surface area contributed by atoms with Crippen molar-refractivity contribution in [2.45, 2.75) is 6.92 Å². The molecule has 3 heteroatoms. The molecule has 0 amide bonds. The van der Waals surface area contributed by atoms with Gasteiger partial charge in [-0.15, -0.1) is 0 Å². The maximum atomic E-state index is 13.2. The van der Waals surface area contributed by atoms with Gasteiger partial charge < -0.3 is 0 Å². The van der Waals surface area contributed by atoms with E-state index in [9.17, 15) is 4.39 Å². The van der Waals surface area contributed by atoms with Gasteiger partial charge in [0.1, 0.15) is 5.82 Å². The van der Waals surface area contributed by atoms with Gasteiger partial charge in [0.05, 0.1) is 0 Å². The second kappa shape index (κ2) is 3.54. The molecule has 0 atom stereocenters. The molecular weight excluding hydrogens is 179 g/mol. The number of aromatic nitrogens is 2. The Labute approximate surface area is 81.5 Å². The van der Waals surface area contributed by atoms with Crippen molar-refractivity contribution < 1.29 is 4.39 Å². The third-order valence-corrected chi connectivity index (χ3v) is 2.00. The van der Waals surface area contributed by atoms with Crippen molar-refractivity contribution >= 4 is 0 Å². The quantitative estimate of drug-likeness (QED) is 0.687. The van der Waals surface area contributed by atoms with Gasteiger partial charge in [-0.2, -0.15) is 0 Å². The van der Waals surface area contributed by atoms with Gasteiger partial charge in [0.25, 0.3) is 0 Å². The molecule has 1 heterocycles. The SMILES string of the molecule is Cc1ccc(-c2ncccn2)cc1F. The summed E-state index contributed by atoms with van der Waals surface area (Å²) in [7, 11) is 0. The lowest BCUT2D eigenvalue weighted by Gasteiger charge is -2.00. The highest BCUT2D eigenvalue weighted by atomic mass is 19.1. The van der Waals surface area contributed by atoms with Crippen LogP contribution in [0.1, 0.15) is 5.56 Å². The largest absolute Gasteiger partial charge is 0.237 e. The molecule has 1 aromatic carbocycles. The van der Waals surface area contributed by atoms with Gasteiger partial charge in [-0.05, 0) is 24.6 Å². The Bertz CT molecular complexity index is 440. The minimum atomic E-state index is -0.227. The van der Waals surface area contributed by atoms with Gasteiger partial charge in [-0.25, -0.2) is 14.4 Å². The van der Waals surface area contributed by atoms with Crippen molar-refractivity contribution in [3.05, 3.63) is 48.0 Å². The van der Waals surface area contributed by atoms with E-state index >= 15 is 0 Å². The molecule has 1 aromatic heterocycles. The summed E-state index contributed by atoms with van der Waals surface area (Å²) in [6.07, 6.45) is 3.28. The van der Waals surface area contributed by atoms with Gasteiger partial charge in [0, 0.05) is 18.0 Å². The van der Waals surface area contributed by atoms with Crippen LogP contribution < -0.4 is 0 Å². The number of benzene rings is 1. The summed E-state index contributed by atoms with van der Waals surface area (Å²) in [5.41, 5.74) is 1.33. The maximum absolute atomic E-state index is 13.2. The molecule has 0 spiro atoms. The zero-order valence-electron chi connectivity index (χ0n) is 7.74. The lowest BCUT2D eigenvalue weighted by Crippen LogP contribution is -1.89. The van der Waals surface area contributed by atoms with E-state index < -0.39 is 0 Å². The molecule has 2 aromatic rings. The molecule has 70 valence electrons. The number of halogens is 1. The number of rotatable bonds is 1. The fourth-order valence-corrected chi connectivity index (χ4v) is 1.18. The Morgan fingerprint density at radius 2 is 1.86 bits per heavy atom. The zero-order valence-corrected chi connectivity index (χ0v) is 7.74. The summed E-state index contributed by atoms with van der Waals surface area (Å²) < 4.78 is 13.2. The Kier molecular flexibility index (Phi) is 2.23. The van der Waals surface area contributed by atoms with Crippen LogP contribution >= 0.6 is 0 Å². The first-order valence-electron chi connectivity index (χ1n) is 4.31. The van der Waals surface area contributed by atoms with Crippen LogP contribution in [0.3, 0.4) is 0 Å². The number of hydrogen-bond donors (Lipinski definition) is 0. The first-order chi connectivity index (χ1) is 6.77. The van der Waals surface area contributed by atoms with E-state index in [4.69, 9.17) is 0 Å². The Morgan fingerprint density at radius 1 is 1.14 bits per heavy atom. The highest BCUT2D eigenvalue weighted by Crippen LogP contribution is 2.17. The average molecular weight is 188 g/mol. The summed E-state index contributed by atoms with van der Waals surface area (Å²) in [5, 5.41) is 0. The lowest BCUT2D eigenvalue weighted by atomic mass is 10.1. The number of nitrogens with zero attached hydrogens (tertiary/aromatic N) is 2. The van der Waals surface area contributed by atoms with Gasteiger partial charge in [0.2, 0.25) is 0 Å². The van der Waals surface area contributed by atoms with Gasteiger partial charge in [-0.1, -0.05) is 12.1 Å². The summed E-state index contributed by atoms with van der Waals surface area (Å²) in [6, 6.07) is 6.72. The predicted octanol–water partition coefficient (Wildman–Crippen LogP) is 2.59. The van der Waals surface area contributed by atoms with Crippen molar-refractivity contribution in [1.29, 1.82) is 0 Å². The first kappa shape index (κ1) is 8.81. The minimum absolute atomic E-state index is 0.227. The fourth-order valence-electron chi connectivity index (χ4n) is 1.18. The van der Waals surface area contributed by atoms with Crippen molar-refractivity contribution in [2.24, 2.45) is 0 Å². The highest BCUT2D eigenvalue weighted by Gasteiger charge is 2.02. The fraction of sp³-hybridized carbons (Fsp3) is 0.0909. The van der Waals surface area contributed by atoms with Crippen molar-refractivity contribution in [3.63, 3.8) is 0 Å². The summed E-state index contributed by atoms with van der Waals surface area (Å²) in [5.74, 6) is 0.321. The monoisotopic (exact) mass is 188 g/mol. The van der Waals surface area contributed by atoms with E-state index in [1.54, 1.807) is 31.5 Å². The van der Waals surface area contributed by atoms with Crippen molar-refractivity contribution in [2.75, 3.05) is 0 Å². The summed E-state index contributed by atoms with van der Waals surface area (Å²) in [6.45, 7) is 1.73. The van der Waals surface area contributed by atoms with Crippen LogP contribution in [0.25, 0.3) is 11.4 Å². The van der Waals surface area contributed by atoms with Crippen LogP contribution in [0.5, 0.6) is 0 Å². The summed E-state index contributed by atoms with van der Waals surface area (Å²) in [4.78, 5) is 8.08. The molecule has 0 bridgehead atoms. The van der Waals surface area contributed by atoms with Crippen molar-refractivity contribution in [3.8, 4) is 11.4 Å². The van der Waals surface area contributed by atoms with Crippen LogP contribution in [0.15, 0.2) is 36.7 Å². The van der Waals surface area contributed by atoms with Gasteiger partial charge >= 0.3 is 0 Å². The van der Waals surface area contributed by atoms with Gasteiger partial charge in [-0.3, -0.25) is 0 Å². The van der Waals surface area contributed by atoms with Crippen LogP contribution in [-0.4, -0.2) is 9.97 Å². The van der Waals surface area contributed by atoms with Crippen molar-refractivity contribution in [1.82, 2.24) is 9.97 Å². The average Bonchev–Trinajstić information content (AvgIpc) is 2.23. The molecule has 0 radical (unpaired) electrons. The van der Waals surface area contributed by atoms with Crippen LogP contribution in [0, 0.1) is 12.7 Å². The molecule has 0 aliphatic carbocycles. The van der Waals surface area contributed by atoms with E-state index in [-0.39, 0.29) is 5.82 Å². The third kappa shape index (κ3) is 1.62. The maximum Gasteiger partial charge on any atom is 0.159 e. The highest BCUT2D eigenvalue weighted by molar-refractivity contribution is 5.55. The molecule has 0 saturated carbocycles. The molecule has 0 aliphatic heterocycles.